The molecule has 3 rings (SSSR count). The van der Waals surface area contributed by atoms with Crippen molar-refractivity contribution in [2.24, 2.45) is 11.0 Å². The Balaban J connectivity index is 1.54. The Morgan fingerprint density at radius 2 is 1.71 bits per heavy atom. The molecular formula is C28H28N4O3. The van der Waals surface area contributed by atoms with Gasteiger partial charge in [0.25, 0.3) is 11.8 Å². The summed E-state index contributed by atoms with van der Waals surface area (Å²) in [6.07, 6.45) is 1.52. The van der Waals surface area contributed by atoms with Crippen molar-refractivity contribution in [3.63, 3.8) is 0 Å². The van der Waals surface area contributed by atoms with Gasteiger partial charge in [0.1, 0.15) is 18.4 Å². The van der Waals surface area contributed by atoms with Gasteiger partial charge in [0.05, 0.1) is 17.8 Å². The van der Waals surface area contributed by atoms with Crippen molar-refractivity contribution in [1.82, 2.24) is 10.7 Å². The highest BCUT2D eigenvalue weighted by Crippen LogP contribution is 2.15. The summed E-state index contributed by atoms with van der Waals surface area (Å²) < 4.78 is 5.76. The van der Waals surface area contributed by atoms with Crippen molar-refractivity contribution < 1.29 is 14.3 Å². The summed E-state index contributed by atoms with van der Waals surface area (Å²) in [6.45, 7) is 5.95. The number of nitriles is 1. The number of hydrogen-bond acceptors (Lipinski definition) is 5. The van der Waals surface area contributed by atoms with Crippen LogP contribution in [0.25, 0.3) is 0 Å². The lowest BCUT2D eigenvalue weighted by Crippen LogP contribution is -2.48. The molecule has 0 radical (unpaired) electrons. The third kappa shape index (κ3) is 7.27. The van der Waals surface area contributed by atoms with E-state index in [2.05, 4.69) is 21.9 Å². The zero-order valence-corrected chi connectivity index (χ0v) is 20.0. The van der Waals surface area contributed by atoms with Crippen LogP contribution in [0, 0.1) is 24.2 Å². The molecule has 0 bridgehead atoms. The fourth-order valence-corrected chi connectivity index (χ4v) is 3.27. The minimum atomic E-state index is -0.729. The van der Waals surface area contributed by atoms with Crippen molar-refractivity contribution in [2.45, 2.75) is 33.4 Å². The second kappa shape index (κ2) is 12.1. The molecule has 0 aliphatic heterocycles. The van der Waals surface area contributed by atoms with E-state index in [9.17, 15) is 14.9 Å². The second-order valence-electron chi connectivity index (χ2n) is 8.42. The van der Waals surface area contributed by atoms with E-state index in [1.807, 2.05) is 51.1 Å². The first-order valence-corrected chi connectivity index (χ1v) is 11.3. The zero-order valence-electron chi connectivity index (χ0n) is 20.0. The quantitative estimate of drug-likeness (QED) is 0.360. The third-order valence-electron chi connectivity index (χ3n) is 5.35. The third-order valence-corrected chi connectivity index (χ3v) is 5.35. The number of hydrogen-bond donors (Lipinski definition) is 2. The predicted molar refractivity (Wildman–Crippen MR) is 135 cm³/mol. The maximum atomic E-state index is 12.6. The highest BCUT2D eigenvalue weighted by Gasteiger charge is 2.24. The van der Waals surface area contributed by atoms with Gasteiger partial charge in [-0.1, -0.05) is 49.7 Å². The van der Waals surface area contributed by atoms with Crippen LogP contribution in [-0.4, -0.2) is 24.1 Å². The van der Waals surface area contributed by atoms with Crippen LogP contribution in [0.15, 0.2) is 77.9 Å². The first kappa shape index (κ1) is 25.2. The molecule has 2 amide bonds. The summed E-state index contributed by atoms with van der Waals surface area (Å²) in [5, 5.41) is 16.0. The highest BCUT2D eigenvalue weighted by molar-refractivity contribution is 5.97. The normalized spacial score (nSPS) is 11.6. The van der Waals surface area contributed by atoms with Gasteiger partial charge < -0.3 is 10.1 Å². The van der Waals surface area contributed by atoms with Crippen LogP contribution in [0.1, 0.15) is 46.5 Å². The second-order valence-corrected chi connectivity index (χ2v) is 8.42. The molecule has 0 heterocycles. The number of ether oxygens (including phenoxy) is 1. The Kier molecular flexibility index (Phi) is 8.74. The summed E-state index contributed by atoms with van der Waals surface area (Å²) in [5.41, 5.74) is 6.22. The molecule has 0 saturated carbocycles. The predicted octanol–water partition coefficient (Wildman–Crippen LogP) is 4.35. The van der Waals surface area contributed by atoms with E-state index in [0.717, 1.165) is 16.7 Å². The molecule has 35 heavy (non-hydrogen) atoms. The number of amides is 2. The van der Waals surface area contributed by atoms with Crippen LogP contribution >= 0.6 is 0 Å². The molecule has 7 nitrogen and oxygen atoms in total. The van der Waals surface area contributed by atoms with Gasteiger partial charge in [-0.05, 0) is 60.9 Å². The Morgan fingerprint density at radius 1 is 1.03 bits per heavy atom. The average molecular weight is 469 g/mol. The minimum Gasteiger partial charge on any atom is -0.489 e. The SMILES string of the molecule is Cc1ccc(C(=O)NC(C(=O)NN=Cc2ccc(OCc3ccccc3C#N)cc2)C(C)C)cc1. The molecule has 0 fully saturated rings. The smallest absolute Gasteiger partial charge is 0.262 e. The lowest BCUT2D eigenvalue weighted by Gasteiger charge is -2.20. The molecule has 0 spiro atoms. The Morgan fingerprint density at radius 3 is 2.37 bits per heavy atom. The monoisotopic (exact) mass is 468 g/mol. The maximum absolute atomic E-state index is 12.6. The lowest BCUT2D eigenvalue weighted by molar-refractivity contribution is -0.123. The molecule has 3 aromatic rings. The van der Waals surface area contributed by atoms with E-state index in [1.165, 1.54) is 6.21 Å². The lowest BCUT2D eigenvalue weighted by atomic mass is 10.0. The first-order chi connectivity index (χ1) is 16.9. The topological polar surface area (TPSA) is 104 Å². The van der Waals surface area contributed by atoms with E-state index < -0.39 is 11.9 Å². The van der Waals surface area contributed by atoms with E-state index in [1.54, 1.807) is 42.5 Å². The van der Waals surface area contributed by atoms with Crippen molar-refractivity contribution in [1.29, 1.82) is 5.26 Å². The van der Waals surface area contributed by atoms with Crippen molar-refractivity contribution in [3.8, 4) is 11.8 Å². The molecule has 0 saturated heterocycles. The van der Waals surface area contributed by atoms with Crippen LogP contribution < -0.4 is 15.5 Å². The highest BCUT2D eigenvalue weighted by atomic mass is 16.5. The summed E-state index contributed by atoms with van der Waals surface area (Å²) in [4.78, 5) is 25.2. The standard InChI is InChI=1S/C28H28N4O3/c1-19(2)26(31-27(33)22-12-8-20(3)9-13-22)28(34)32-30-17-21-10-14-25(15-11-21)35-18-24-7-5-4-6-23(24)16-29/h4-15,17,19,26H,18H2,1-3H3,(H,31,33)(H,32,34). The maximum Gasteiger partial charge on any atom is 0.262 e. The Hall–Kier alpha value is -4.44. The summed E-state index contributed by atoms with van der Waals surface area (Å²) >= 11 is 0. The molecule has 2 N–H and O–H groups in total. The van der Waals surface area contributed by atoms with E-state index in [4.69, 9.17) is 4.74 Å². The first-order valence-electron chi connectivity index (χ1n) is 11.3. The summed E-state index contributed by atoms with van der Waals surface area (Å²) in [6, 6.07) is 23.1. The average Bonchev–Trinajstić information content (AvgIpc) is 2.87. The van der Waals surface area contributed by atoms with Gasteiger partial charge in [0.15, 0.2) is 0 Å². The fourth-order valence-electron chi connectivity index (χ4n) is 3.27. The van der Waals surface area contributed by atoms with Gasteiger partial charge in [0.2, 0.25) is 0 Å². The number of hydrazone groups is 1. The number of benzene rings is 3. The fraction of sp³-hybridized carbons (Fsp3) is 0.214. The minimum absolute atomic E-state index is 0.123. The van der Waals surface area contributed by atoms with Gasteiger partial charge >= 0.3 is 0 Å². The number of nitrogens with zero attached hydrogens (tertiary/aromatic N) is 2. The molecule has 1 unspecified atom stereocenters. The summed E-state index contributed by atoms with van der Waals surface area (Å²) in [7, 11) is 0. The molecule has 0 aliphatic carbocycles. The van der Waals surface area contributed by atoms with E-state index >= 15 is 0 Å². The van der Waals surface area contributed by atoms with Crippen molar-refractivity contribution in [3.05, 3.63) is 101 Å². The Bertz CT molecular complexity index is 1230. The van der Waals surface area contributed by atoms with Crippen LogP contribution in [-0.2, 0) is 11.4 Å². The van der Waals surface area contributed by atoms with Gasteiger partial charge in [-0.25, -0.2) is 5.43 Å². The molecule has 3 aromatic carbocycles. The van der Waals surface area contributed by atoms with Gasteiger partial charge in [0, 0.05) is 11.1 Å². The molecule has 0 aromatic heterocycles. The molecular weight excluding hydrogens is 440 g/mol. The van der Waals surface area contributed by atoms with Crippen LogP contribution in [0.3, 0.4) is 0 Å². The number of carbonyl (C=O) groups excluding carboxylic acids is 2. The van der Waals surface area contributed by atoms with Gasteiger partial charge in [-0.15, -0.1) is 0 Å². The van der Waals surface area contributed by atoms with Crippen molar-refractivity contribution in [2.75, 3.05) is 0 Å². The van der Waals surface area contributed by atoms with Crippen molar-refractivity contribution >= 4 is 18.0 Å². The van der Waals surface area contributed by atoms with Crippen LogP contribution in [0.2, 0.25) is 0 Å². The number of carbonyl (C=O) groups is 2. The van der Waals surface area contributed by atoms with E-state index in [0.29, 0.717) is 16.9 Å². The van der Waals surface area contributed by atoms with Crippen LogP contribution in [0.4, 0.5) is 0 Å². The number of aryl methyl sites for hydroxylation is 1. The number of nitrogens with one attached hydrogen (secondary N) is 2. The summed E-state index contributed by atoms with van der Waals surface area (Å²) in [5.74, 6) is -0.177. The van der Waals surface area contributed by atoms with E-state index in [-0.39, 0.29) is 18.4 Å². The largest absolute Gasteiger partial charge is 0.489 e. The van der Waals surface area contributed by atoms with Gasteiger partial charge in [-0.2, -0.15) is 10.4 Å². The zero-order chi connectivity index (χ0) is 25.2. The number of rotatable bonds is 9. The molecule has 1 atom stereocenters. The molecule has 7 heteroatoms. The molecule has 178 valence electrons. The van der Waals surface area contributed by atoms with Gasteiger partial charge in [-0.3, -0.25) is 9.59 Å². The Labute approximate surface area is 205 Å². The van der Waals surface area contributed by atoms with Crippen LogP contribution in [0.5, 0.6) is 5.75 Å². The molecule has 0 aliphatic rings.